The average molecular weight is 270 g/mol. The lowest BCUT2D eigenvalue weighted by molar-refractivity contribution is -0.133. The van der Waals surface area contributed by atoms with E-state index < -0.39 is 5.97 Å². The molecule has 0 unspecified atom stereocenters. The highest BCUT2D eigenvalue weighted by Gasteiger charge is 2.12. The van der Waals surface area contributed by atoms with Crippen LogP contribution in [0.2, 0.25) is 0 Å². The molecule has 0 aliphatic heterocycles. The summed E-state index contributed by atoms with van der Waals surface area (Å²) in [7, 11) is 0. The average Bonchev–Trinajstić information content (AvgIpc) is 2.88. The minimum Gasteiger partial charge on any atom is -0.493 e. The van der Waals surface area contributed by atoms with Crippen molar-refractivity contribution in [1.29, 1.82) is 0 Å². The molecule has 7 heteroatoms. The SMILES string of the molecule is O=C(Cc1cc(O)nc2ncnn12)Oc1ccccc1. The van der Waals surface area contributed by atoms with E-state index in [2.05, 4.69) is 15.1 Å². The summed E-state index contributed by atoms with van der Waals surface area (Å²) in [5.41, 5.74) is 0.450. The fourth-order valence-electron chi connectivity index (χ4n) is 1.79. The Labute approximate surface area is 113 Å². The van der Waals surface area contributed by atoms with E-state index >= 15 is 0 Å². The van der Waals surface area contributed by atoms with Crippen molar-refractivity contribution < 1.29 is 14.6 Å². The van der Waals surface area contributed by atoms with Gasteiger partial charge in [0.2, 0.25) is 5.88 Å². The van der Waals surface area contributed by atoms with Gasteiger partial charge in [0.1, 0.15) is 12.1 Å². The number of ether oxygens (including phenoxy) is 1. The molecule has 0 saturated carbocycles. The van der Waals surface area contributed by atoms with E-state index in [-0.39, 0.29) is 18.1 Å². The Balaban J connectivity index is 1.82. The summed E-state index contributed by atoms with van der Waals surface area (Å²) < 4.78 is 6.56. The van der Waals surface area contributed by atoms with E-state index in [1.807, 2.05) is 6.07 Å². The van der Waals surface area contributed by atoms with Gasteiger partial charge in [-0.05, 0) is 12.1 Å². The van der Waals surface area contributed by atoms with Crippen molar-refractivity contribution in [1.82, 2.24) is 19.6 Å². The molecule has 1 N–H and O–H groups in total. The van der Waals surface area contributed by atoms with Crippen molar-refractivity contribution in [2.45, 2.75) is 6.42 Å². The van der Waals surface area contributed by atoms with Crippen LogP contribution >= 0.6 is 0 Å². The van der Waals surface area contributed by atoms with Gasteiger partial charge < -0.3 is 9.84 Å². The summed E-state index contributed by atoms with van der Waals surface area (Å²) in [6.07, 6.45) is 1.25. The largest absolute Gasteiger partial charge is 0.493 e. The maximum absolute atomic E-state index is 11.9. The number of carbonyl (C=O) groups is 1. The van der Waals surface area contributed by atoms with Gasteiger partial charge in [0, 0.05) is 6.07 Å². The minimum absolute atomic E-state index is 0.0508. The quantitative estimate of drug-likeness (QED) is 0.563. The number of nitrogens with zero attached hydrogens (tertiary/aromatic N) is 4. The van der Waals surface area contributed by atoms with Crippen molar-refractivity contribution in [3.05, 3.63) is 48.4 Å². The third kappa shape index (κ3) is 2.41. The zero-order chi connectivity index (χ0) is 13.9. The Morgan fingerprint density at radius 2 is 2.10 bits per heavy atom. The molecule has 0 spiro atoms. The molecule has 0 saturated heterocycles. The smallest absolute Gasteiger partial charge is 0.317 e. The predicted octanol–water partition coefficient (Wildman–Crippen LogP) is 0.978. The summed E-state index contributed by atoms with van der Waals surface area (Å²) in [5.74, 6) is 0.0183. The molecule has 1 aromatic carbocycles. The van der Waals surface area contributed by atoms with Gasteiger partial charge in [-0.25, -0.2) is 4.52 Å². The van der Waals surface area contributed by atoms with Gasteiger partial charge in [0.15, 0.2) is 0 Å². The Hall–Kier alpha value is -2.96. The van der Waals surface area contributed by atoms with Crippen LogP contribution in [0.25, 0.3) is 5.78 Å². The van der Waals surface area contributed by atoms with E-state index in [1.54, 1.807) is 24.3 Å². The first kappa shape index (κ1) is 12.1. The Kier molecular flexibility index (Phi) is 3.00. The Morgan fingerprint density at radius 1 is 1.30 bits per heavy atom. The van der Waals surface area contributed by atoms with Crippen LogP contribution in [0.15, 0.2) is 42.7 Å². The second kappa shape index (κ2) is 4.96. The lowest BCUT2D eigenvalue weighted by Gasteiger charge is -2.05. The molecule has 0 aliphatic carbocycles. The van der Waals surface area contributed by atoms with Gasteiger partial charge >= 0.3 is 5.97 Å². The molecule has 0 fully saturated rings. The van der Waals surface area contributed by atoms with Crippen LogP contribution in [0.1, 0.15) is 5.69 Å². The van der Waals surface area contributed by atoms with E-state index in [1.165, 1.54) is 16.9 Å². The molecule has 0 aliphatic rings. The number of fused-ring (bicyclic) bond motifs is 1. The molecule has 100 valence electrons. The molecule has 2 heterocycles. The number of benzene rings is 1. The van der Waals surface area contributed by atoms with Gasteiger partial charge in [-0.3, -0.25) is 4.79 Å². The molecule has 0 atom stereocenters. The number of hydrogen-bond donors (Lipinski definition) is 1. The van der Waals surface area contributed by atoms with Crippen LogP contribution in [0.3, 0.4) is 0 Å². The van der Waals surface area contributed by atoms with Gasteiger partial charge in [-0.1, -0.05) is 18.2 Å². The van der Waals surface area contributed by atoms with Crippen LogP contribution < -0.4 is 4.74 Å². The molecular formula is C13H10N4O3. The Bertz CT molecular complexity index is 755. The standard InChI is InChI=1S/C13H10N4O3/c18-11-6-9(17-13(16-11)14-8-15-17)7-12(19)20-10-4-2-1-3-5-10/h1-6,8H,7H2,(H,14,15,16,18). The number of carbonyl (C=O) groups excluding carboxylic acids is 1. The van der Waals surface area contributed by atoms with Crippen molar-refractivity contribution in [3.63, 3.8) is 0 Å². The highest BCUT2D eigenvalue weighted by molar-refractivity contribution is 5.74. The highest BCUT2D eigenvalue weighted by Crippen LogP contribution is 2.13. The van der Waals surface area contributed by atoms with Crippen molar-refractivity contribution >= 4 is 11.7 Å². The number of para-hydroxylation sites is 1. The minimum atomic E-state index is -0.460. The number of aromatic hydroxyl groups is 1. The second-order valence-corrected chi connectivity index (χ2v) is 4.04. The van der Waals surface area contributed by atoms with Crippen molar-refractivity contribution in [2.24, 2.45) is 0 Å². The van der Waals surface area contributed by atoms with Crippen LogP contribution in [0.5, 0.6) is 11.6 Å². The molecule has 20 heavy (non-hydrogen) atoms. The normalized spacial score (nSPS) is 10.6. The van der Waals surface area contributed by atoms with E-state index in [0.717, 1.165) is 0 Å². The monoisotopic (exact) mass is 270 g/mol. The first-order valence-corrected chi connectivity index (χ1v) is 5.87. The van der Waals surface area contributed by atoms with Crippen molar-refractivity contribution in [3.8, 4) is 11.6 Å². The van der Waals surface area contributed by atoms with Gasteiger partial charge in [-0.2, -0.15) is 15.1 Å². The zero-order valence-electron chi connectivity index (χ0n) is 10.3. The molecular weight excluding hydrogens is 260 g/mol. The van der Waals surface area contributed by atoms with E-state index in [0.29, 0.717) is 11.4 Å². The topological polar surface area (TPSA) is 89.6 Å². The summed E-state index contributed by atoms with van der Waals surface area (Å²) in [4.78, 5) is 19.5. The number of aromatic nitrogens is 4. The maximum Gasteiger partial charge on any atom is 0.317 e. The number of esters is 1. The van der Waals surface area contributed by atoms with E-state index in [9.17, 15) is 9.90 Å². The summed E-state index contributed by atoms with van der Waals surface area (Å²) in [5, 5.41) is 13.4. The number of hydrogen-bond acceptors (Lipinski definition) is 6. The predicted molar refractivity (Wildman–Crippen MR) is 68.2 cm³/mol. The fraction of sp³-hybridized carbons (Fsp3) is 0.0769. The van der Waals surface area contributed by atoms with Crippen LogP contribution in [-0.2, 0) is 11.2 Å². The summed E-state index contributed by atoms with van der Waals surface area (Å²) in [6, 6.07) is 10.1. The summed E-state index contributed by atoms with van der Waals surface area (Å²) >= 11 is 0. The van der Waals surface area contributed by atoms with Gasteiger partial charge in [0.05, 0.1) is 12.1 Å². The Morgan fingerprint density at radius 3 is 2.90 bits per heavy atom. The van der Waals surface area contributed by atoms with Gasteiger partial charge in [-0.15, -0.1) is 0 Å². The van der Waals surface area contributed by atoms with Crippen molar-refractivity contribution in [2.75, 3.05) is 0 Å². The summed E-state index contributed by atoms with van der Waals surface area (Å²) in [6.45, 7) is 0. The molecule has 3 aromatic rings. The first-order chi connectivity index (χ1) is 9.72. The second-order valence-electron chi connectivity index (χ2n) is 4.04. The third-order valence-electron chi connectivity index (χ3n) is 2.61. The van der Waals surface area contributed by atoms with Crippen LogP contribution in [0.4, 0.5) is 0 Å². The number of rotatable bonds is 3. The lowest BCUT2D eigenvalue weighted by atomic mass is 10.3. The molecule has 0 amide bonds. The van der Waals surface area contributed by atoms with Crippen LogP contribution in [-0.4, -0.2) is 30.7 Å². The maximum atomic E-state index is 11.9. The molecule has 0 bridgehead atoms. The molecule has 7 nitrogen and oxygen atoms in total. The molecule has 3 rings (SSSR count). The van der Waals surface area contributed by atoms with Gasteiger partial charge in [0.25, 0.3) is 5.78 Å². The first-order valence-electron chi connectivity index (χ1n) is 5.87. The zero-order valence-corrected chi connectivity index (χ0v) is 10.3. The van der Waals surface area contributed by atoms with E-state index in [4.69, 9.17) is 4.74 Å². The third-order valence-corrected chi connectivity index (χ3v) is 2.61. The molecule has 2 aromatic heterocycles. The van der Waals surface area contributed by atoms with Crippen LogP contribution in [0, 0.1) is 0 Å². The lowest BCUT2D eigenvalue weighted by Crippen LogP contribution is -2.14. The highest BCUT2D eigenvalue weighted by atomic mass is 16.5. The molecule has 0 radical (unpaired) electrons. The fourth-order valence-corrected chi connectivity index (χ4v) is 1.79.